The van der Waals surface area contributed by atoms with Crippen LogP contribution in [0.3, 0.4) is 0 Å². The van der Waals surface area contributed by atoms with E-state index in [4.69, 9.17) is 34.8 Å². The standard InChI is InChI=1S/C15H11Cl3F2N2O2/c16-9-4-11(18)13(5-10(9)17)22-15(24)21-6-14(23)8-2-1-7(19)3-12(8)20/h1-5,14,23H,6H2,(H2,21,22,24)/t14-/m1/s1. The Hall–Kier alpha value is -1.60. The molecule has 24 heavy (non-hydrogen) atoms. The smallest absolute Gasteiger partial charge is 0.319 e. The van der Waals surface area contributed by atoms with Crippen molar-refractivity contribution in [3.05, 3.63) is 62.6 Å². The maximum absolute atomic E-state index is 13.5. The molecule has 0 heterocycles. The summed E-state index contributed by atoms with van der Waals surface area (Å²) in [5.41, 5.74) is 0.0790. The summed E-state index contributed by atoms with van der Waals surface area (Å²) in [6.07, 6.45) is -1.35. The van der Waals surface area contributed by atoms with Crippen LogP contribution in [0.25, 0.3) is 0 Å². The van der Waals surface area contributed by atoms with E-state index in [0.29, 0.717) is 6.07 Å². The summed E-state index contributed by atoms with van der Waals surface area (Å²) in [4.78, 5) is 11.8. The van der Waals surface area contributed by atoms with E-state index in [1.54, 1.807) is 0 Å². The lowest BCUT2D eigenvalue weighted by Gasteiger charge is -2.14. The molecular weight excluding hydrogens is 385 g/mol. The molecule has 2 aromatic rings. The number of amides is 2. The molecule has 2 aromatic carbocycles. The summed E-state index contributed by atoms with van der Waals surface area (Å²) in [6.45, 7) is -0.298. The third-order valence-electron chi connectivity index (χ3n) is 3.04. The number of benzene rings is 2. The molecular formula is C15H11Cl3F2N2O2. The average Bonchev–Trinajstić information content (AvgIpc) is 2.50. The molecule has 2 amide bonds. The van der Waals surface area contributed by atoms with E-state index < -0.39 is 23.8 Å². The van der Waals surface area contributed by atoms with Gasteiger partial charge in [0, 0.05) is 18.2 Å². The number of carbonyl (C=O) groups is 1. The van der Waals surface area contributed by atoms with E-state index >= 15 is 0 Å². The van der Waals surface area contributed by atoms with Crippen molar-refractivity contribution in [1.29, 1.82) is 0 Å². The summed E-state index contributed by atoms with van der Waals surface area (Å²) < 4.78 is 26.4. The molecule has 0 aliphatic heterocycles. The van der Waals surface area contributed by atoms with Crippen LogP contribution in [0.15, 0.2) is 30.3 Å². The molecule has 0 fully saturated rings. The Morgan fingerprint density at radius 1 is 1.08 bits per heavy atom. The lowest BCUT2D eigenvalue weighted by atomic mass is 10.1. The van der Waals surface area contributed by atoms with Gasteiger partial charge in [-0.3, -0.25) is 0 Å². The van der Waals surface area contributed by atoms with Gasteiger partial charge in [0.05, 0.1) is 26.9 Å². The van der Waals surface area contributed by atoms with Crippen molar-refractivity contribution in [2.45, 2.75) is 6.10 Å². The molecule has 2 rings (SSSR count). The zero-order chi connectivity index (χ0) is 17.9. The van der Waals surface area contributed by atoms with Crippen molar-refractivity contribution in [3.63, 3.8) is 0 Å². The number of hydrogen-bond donors (Lipinski definition) is 3. The average molecular weight is 396 g/mol. The van der Waals surface area contributed by atoms with Gasteiger partial charge in [-0.2, -0.15) is 0 Å². The van der Waals surface area contributed by atoms with E-state index in [1.807, 2.05) is 0 Å². The van der Waals surface area contributed by atoms with Crippen LogP contribution in [0.4, 0.5) is 19.3 Å². The van der Waals surface area contributed by atoms with Gasteiger partial charge >= 0.3 is 6.03 Å². The molecule has 0 bridgehead atoms. The Kier molecular flexibility index (Phi) is 6.23. The highest BCUT2D eigenvalue weighted by Gasteiger charge is 2.15. The zero-order valence-electron chi connectivity index (χ0n) is 11.9. The maximum Gasteiger partial charge on any atom is 0.319 e. The number of rotatable bonds is 4. The quantitative estimate of drug-likeness (QED) is 0.652. The number of urea groups is 1. The fraction of sp³-hybridized carbons (Fsp3) is 0.133. The van der Waals surface area contributed by atoms with E-state index in [9.17, 15) is 18.7 Å². The predicted molar refractivity (Wildman–Crippen MR) is 89.8 cm³/mol. The van der Waals surface area contributed by atoms with Crippen molar-refractivity contribution in [2.75, 3.05) is 11.9 Å². The van der Waals surface area contributed by atoms with E-state index in [1.165, 1.54) is 12.1 Å². The second-order valence-electron chi connectivity index (χ2n) is 4.76. The molecule has 0 aliphatic carbocycles. The largest absolute Gasteiger partial charge is 0.386 e. The van der Waals surface area contributed by atoms with Crippen LogP contribution in [-0.4, -0.2) is 17.7 Å². The summed E-state index contributed by atoms with van der Waals surface area (Å²) >= 11 is 17.5. The van der Waals surface area contributed by atoms with E-state index in [-0.39, 0.29) is 32.9 Å². The molecule has 128 valence electrons. The molecule has 9 heteroatoms. The van der Waals surface area contributed by atoms with Crippen LogP contribution in [0, 0.1) is 11.6 Å². The number of aliphatic hydroxyl groups excluding tert-OH is 1. The Morgan fingerprint density at radius 3 is 2.42 bits per heavy atom. The number of nitrogens with one attached hydrogen (secondary N) is 2. The van der Waals surface area contributed by atoms with E-state index in [2.05, 4.69) is 10.6 Å². The van der Waals surface area contributed by atoms with Gasteiger partial charge in [-0.05, 0) is 18.2 Å². The van der Waals surface area contributed by atoms with Gasteiger partial charge in [-0.15, -0.1) is 0 Å². The van der Waals surface area contributed by atoms with Gasteiger partial charge in [0.2, 0.25) is 0 Å². The Morgan fingerprint density at radius 2 is 1.75 bits per heavy atom. The number of anilines is 1. The SMILES string of the molecule is O=C(NC[C@@H](O)c1ccc(F)cc1F)Nc1cc(Cl)c(Cl)cc1Cl. The lowest BCUT2D eigenvalue weighted by molar-refractivity contribution is 0.170. The van der Waals surface area contributed by atoms with Crippen molar-refractivity contribution >= 4 is 46.5 Å². The molecule has 3 N–H and O–H groups in total. The molecule has 0 unspecified atom stereocenters. The van der Waals surface area contributed by atoms with Crippen molar-refractivity contribution in [1.82, 2.24) is 5.32 Å². The number of aliphatic hydroxyl groups is 1. The van der Waals surface area contributed by atoms with Crippen LogP contribution < -0.4 is 10.6 Å². The maximum atomic E-state index is 13.5. The van der Waals surface area contributed by atoms with Crippen molar-refractivity contribution in [3.8, 4) is 0 Å². The van der Waals surface area contributed by atoms with Gasteiger partial charge in [-0.1, -0.05) is 40.9 Å². The van der Waals surface area contributed by atoms with Gasteiger partial charge in [0.25, 0.3) is 0 Å². The number of hydrogen-bond acceptors (Lipinski definition) is 2. The Labute approximate surface area is 151 Å². The monoisotopic (exact) mass is 394 g/mol. The van der Waals surface area contributed by atoms with Crippen LogP contribution in [-0.2, 0) is 0 Å². The molecule has 1 atom stereocenters. The zero-order valence-corrected chi connectivity index (χ0v) is 14.2. The van der Waals surface area contributed by atoms with Crippen LogP contribution >= 0.6 is 34.8 Å². The van der Waals surface area contributed by atoms with Gasteiger partial charge in [0.15, 0.2) is 0 Å². The third kappa shape index (κ3) is 4.70. The molecule has 0 aromatic heterocycles. The molecule has 0 saturated carbocycles. The van der Waals surface area contributed by atoms with Crippen LogP contribution in [0.1, 0.15) is 11.7 Å². The highest BCUT2D eigenvalue weighted by atomic mass is 35.5. The number of carbonyl (C=O) groups excluding carboxylic acids is 1. The molecule has 0 aliphatic rings. The summed E-state index contributed by atoms with van der Waals surface area (Å²) in [5.74, 6) is -1.67. The Bertz CT molecular complexity index is 775. The minimum Gasteiger partial charge on any atom is -0.386 e. The van der Waals surface area contributed by atoms with E-state index in [0.717, 1.165) is 12.1 Å². The van der Waals surface area contributed by atoms with Crippen LogP contribution in [0.2, 0.25) is 15.1 Å². The Balaban J connectivity index is 1.97. The first-order valence-electron chi connectivity index (χ1n) is 6.60. The minimum atomic E-state index is -1.35. The summed E-state index contributed by atoms with van der Waals surface area (Å²) in [7, 11) is 0. The topological polar surface area (TPSA) is 61.4 Å². The van der Waals surface area contributed by atoms with Crippen LogP contribution in [0.5, 0.6) is 0 Å². The second kappa shape index (κ2) is 7.98. The second-order valence-corrected chi connectivity index (χ2v) is 5.98. The highest BCUT2D eigenvalue weighted by molar-refractivity contribution is 6.44. The third-order valence-corrected chi connectivity index (χ3v) is 4.07. The summed E-state index contributed by atoms with van der Waals surface area (Å²) in [6, 6.07) is 4.79. The fourth-order valence-electron chi connectivity index (χ4n) is 1.86. The predicted octanol–water partition coefficient (Wildman–Crippen LogP) is 4.78. The molecule has 0 radical (unpaired) electrons. The number of halogens is 5. The minimum absolute atomic E-state index is 0.135. The highest BCUT2D eigenvalue weighted by Crippen LogP contribution is 2.32. The first-order chi connectivity index (χ1) is 11.3. The molecule has 0 saturated heterocycles. The first kappa shape index (κ1) is 18.7. The lowest BCUT2D eigenvalue weighted by Crippen LogP contribution is -2.32. The van der Waals surface area contributed by atoms with Gasteiger partial charge < -0.3 is 15.7 Å². The fourth-order valence-corrected chi connectivity index (χ4v) is 2.45. The van der Waals surface area contributed by atoms with Gasteiger partial charge in [-0.25, -0.2) is 13.6 Å². The summed E-state index contributed by atoms with van der Waals surface area (Å²) in [5, 5.41) is 15.2. The normalized spacial score (nSPS) is 11.9. The van der Waals surface area contributed by atoms with Crippen molar-refractivity contribution < 1.29 is 18.7 Å². The molecule has 0 spiro atoms. The first-order valence-corrected chi connectivity index (χ1v) is 7.73. The van der Waals surface area contributed by atoms with Gasteiger partial charge in [0.1, 0.15) is 11.6 Å². The van der Waals surface area contributed by atoms with Crippen molar-refractivity contribution in [2.24, 2.45) is 0 Å². The molecule has 4 nitrogen and oxygen atoms in total.